The first kappa shape index (κ1) is 16.2. The van der Waals surface area contributed by atoms with Crippen molar-refractivity contribution >= 4 is 21.6 Å². The van der Waals surface area contributed by atoms with Gasteiger partial charge < -0.3 is 5.32 Å². The molecule has 3 unspecified atom stereocenters. The fraction of sp³-hybridized carbons (Fsp3) is 0.471. The molecular weight excluding hydrogens is 312 g/mol. The summed E-state index contributed by atoms with van der Waals surface area (Å²) in [4.78, 5) is 12.6. The summed E-state index contributed by atoms with van der Waals surface area (Å²) in [5.74, 6) is 0.979. The molecule has 5 nitrogen and oxygen atoms in total. The molecule has 2 aliphatic carbocycles. The Hall–Kier alpha value is -1.66. The Labute approximate surface area is 137 Å². The van der Waals surface area contributed by atoms with Gasteiger partial charge in [-0.15, -0.1) is 0 Å². The molecule has 1 fully saturated rings. The van der Waals surface area contributed by atoms with Crippen molar-refractivity contribution in [3.63, 3.8) is 0 Å². The van der Waals surface area contributed by atoms with Gasteiger partial charge in [-0.2, -0.15) is 0 Å². The molecule has 0 heterocycles. The van der Waals surface area contributed by atoms with Crippen LogP contribution in [-0.2, 0) is 14.8 Å². The molecule has 2 N–H and O–H groups in total. The highest BCUT2D eigenvalue weighted by atomic mass is 32.2. The standard InChI is InChI=1S/C17H22N2O3S/c1-2-9-18-23(21,22)15-7-5-14(6-8-15)19-17(20)16-11-12-3-4-13(16)10-12/h3-8,12-13,16,18H,2,9-11H2,1H3,(H,19,20). The Morgan fingerprint density at radius 2 is 1.91 bits per heavy atom. The lowest BCUT2D eigenvalue weighted by Crippen LogP contribution is -2.26. The average molecular weight is 334 g/mol. The molecule has 3 rings (SSSR count). The lowest BCUT2D eigenvalue weighted by Gasteiger charge is -2.17. The number of allylic oxidation sites excluding steroid dienone is 2. The number of carbonyl (C=O) groups excluding carboxylic acids is 1. The Morgan fingerprint density at radius 1 is 1.17 bits per heavy atom. The number of nitrogens with one attached hydrogen (secondary N) is 2. The van der Waals surface area contributed by atoms with Gasteiger partial charge >= 0.3 is 0 Å². The summed E-state index contributed by atoms with van der Waals surface area (Å²) in [6.07, 6.45) is 7.09. The van der Waals surface area contributed by atoms with Crippen LogP contribution >= 0.6 is 0 Å². The minimum Gasteiger partial charge on any atom is -0.326 e. The van der Waals surface area contributed by atoms with Gasteiger partial charge in [0, 0.05) is 18.2 Å². The van der Waals surface area contributed by atoms with E-state index in [0.717, 1.165) is 19.3 Å². The van der Waals surface area contributed by atoms with E-state index in [1.807, 2.05) is 6.92 Å². The summed E-state index contributed by atoms with van der Waals surface area (Å²) in [5, 5.41) is 2.90. The number of hydrogen-bond acceptors (Lipinski definition) is 3. The summed E-state index contributed by atoms with van der Waals surface area (Å²) in [6, 6.07) is 6.32. The second kappa shape index (κ2) is 6.45. The van der Waals surface area contributed by atoms with Gasteiger partial charge in [-0.1, -0.05) is 19.1 Å². The highest BCUT2D eigenvalue weighted by Crippen LogP contribution is 2.43. The van der Waals surface area contributed by atoms with Crippen molar-refractivity contribution in [1.82, 2.24) is 4.72 Å². The van der Waals surface area contributed by atoms with Gasteiger partial charge in [0.1, 0.15) is 0 Å². The number of amides is 1. The third-order valence-electron chi connectivity index (χ3n) is 4.59. The summed E-state index contributed by atoms with van der Waals surface area (Å²) in [7, 11) is -3.46. The van der Waals surface area contributed by atoms with Crippen LogP contribution in [0.25, 0.3) is 0 Å². The second-order valence-corrected chi connectivity index (χ2v) is 8.07. The first-order valence-electron chi connectivity index (χ1n) is 8.08. The van der Waals surface area contributed by atoms with Crippen LogP contribution < -0.4 is 10.0 Å². The van der Waals surface area contributed by atoms with Crippen LogP contribution in [0.15, 0.2) is 41.3 Å². The van der Waals surface area contributed by atoms with Crippen LogP contribution in [0, 0.1) is 17.8 Å². The van der Waals surface area contributed by atoms with Crippen molar-refractivity contribution in [2.24, 2.45) is 17.8 Å². The van der Waals surface area contributed by atoms with Crippen molar-refractivity contribution in [3.8, 4) is 0 Å². The summed E-state index contributed by atoms with van der Waals surface area (Å²) in [6.45, 7) is 2.32. The van der Waals surface area contributed by atoms with Gasteiger partial charge in [-0.25, -0.2) is 13.1 Å². The molecule has 124 valence electrons. The molecule has 6 heteroatoms. The van der Waals surface area contributed by atoms with E-state index in [1.54, 1.807) is 12.1 Å². The second-order valence-electron chi connectivity index (χ2n) is 6.30. The molecule has 1 saturated carbocycles. The largest absolute Gasteiger partial charge is 0.326 e. The molecule has 0 radical (unpaired) electrons. The lowest BCUT2D eigenvalue weighted by atomic mass is 9.93. The van der Waals surface area contributed by atoms with Crippen molar-refractivity contribution in [2.45, 2.75) is 31.1 Å². The monoisotopic (exact) mass is 334 g/mol. The molecule has 1 amide bonds. The van der Waals surface area contributed by atoms with Crippen molar-refractivity contribution in [3.05, 3.63) is 36.4 Å². The van der Waals surface area contributed by atoms with E-state index in [4.69, 9.17) is 0 Å². The summed E-state index contributed by atoms with van der Waals surface area (Å²) < 4.78 is 26.6. The van der Waals surface area contributed by atoms with Crippen molar-refractivity contribution in [1.29, 1.82) is 0 Å². The first-order valence-corrected chi connectivity index (χ1v) is 9.57. The topological polar surface area (TPSA) is 75.3 Å². The van der Waals surface area contributed by atoms with E-state index in [-0.39, 0.29) is 16.7 Å². The zero-order chi connectivity index (χ0) is 16.4. The Balaban J connectivity index is 1.64. The molecule has 1 aromatic carbocycles. The Kier molecular flexibility index (Phi) is 4.55. The van der Waals surface area contributed by atoms with E-state index < -0.39 is 10.0 Å². The third-order valence-corrected chi connectivity index (χ3v) is 6.07. The molecule has 3 atom stereocenters. The van der Waals surface area contributed by atoms with Gasteiger partial charge in [-0.3, -0.25) is 4.79 Å². The van der Waals surface area contributed by atoms with Gasteiger partial charge in [0.15, 0.2) is 0 Å². The molecule has 0 saturated heterocycles. The zero-order valence-corrected chi connectivity index (χ0v) is 14.0. The molecular formula is C17H22N2O3S. The maximum absolute atomic E-state index is 12.4. The first-order chi connectivity index (χ1) is 11.0. The minimum atomic E-state index is -3.46. The predicted molar refractivity (Wildman–Crippen MR) is 89.4 cm³/mol. The molecule has 2 bridgehead atoms. The van der Waals surface area contributed by atoms with E-state index in [1.165, 1.54) is 12.1 Å². The van der Waals surface area contributed by atoms with Crippen LogP contribution in [0.1, 0.15) is 26.2 Å². The van der Waals surface area contributed by atoms with Crippen molar-refractivity contribution in [2.75, 3.05) is 11.9 Å². The van der Waals surface area contributed by atoms with E-state index >= 15 is 0 Å². The van der Waals surface area contributed by atoms with Crippen LogP contribution in [0.4, 0.5) is 5.69 Å². The quantitative estimate of drug-likeness (QED) is 0.785. The minimum absolute atomic E-state index is 0.0292. The fourth-order valence-electron chi connectivity index (χ4n) is 3.35. The maximum atomic E-state index is 12.4. The average Bonchev–Trinajstić information content (AvgIpc) is 3.16. The SMILES string of the molecule is CCCNS(=O)(=O)c1ccc(NC(=O)C2CC3C=CC2C3)cc1. The predicted octanol–water partition coefficient (Wildman–Crippen LogP) is 2.53. The Morgan fingerprint density at radius 3 is 2.48 bits per heavy atom. The van der Waals surface area contributed by atoms with Gasteiger partial charge in [0.05, 0.1) is 4.90 Å². The number of hydrogen-bond donors (Lipinski definition) is 2. The molecule has 0 aliphatic heterocycles. The van der Waals surface area contributed by atoms with E-state index in [9.17, 15) is 13.2 Å². The van der Waals surface area contributed by atoms with Crippen LogP contribution in [-0.4, -0.2) is 20.9 Å². The molecule has 1 aromatic rings. The fourth-order valence-corrected chi connectivity index (χ4v) is 4.49. The number of fused-ring (bicyclic) bond motifs is 2. The smallest absolute Gasteiger partial charge is 0.240 e. The van der Waals surface area contributed by atoms with Crippen LogP contribution in [0.5, 0.6) is 0 Å². The normalized spacial score (nSPS) is 25.7. The molecule has 2 aliphatic rings. The molecule has 0 spiro atoms. The lowest BCUT2D eigenvalue weighted by molar-refractivity contribution is -0.120. The summed E-state index contributed by atoms with van der Waals surface area (Å²) in [5.41, 5.74) is 0.635. The summed E-state index contributed by atoms with van der Waals surface area (Å²) >= 11 is 0. The number of sulfonamides is 1. The number of anilines is 1. The number of carbonyl (C=O) groups is 1. The molecule has 0 aromatic heterocycles. The third kappa shape index (κ3) is 3.48. The Bertz CT molecular complexity index is 710. The van der Waals surface area contributed by atoms with E-state index in [2.05, 4.69) is 22.2 Å². The van der Waals surface area contributed by atoms with Crippen molar-refractivity contribution < 1.29 is 13.2 Å². The highest BCUT2D eigenvalue weighted by Gasteiger charge is 2.39. The highest BCUT2D eigenvalue weighted by molar-refractivity contribution is 7.89. The zero-order valence-electron chi connectivity index (χ0n) is 13.2. The molecule has 23 heavy (non-hydrogen) atoms. The van der Waals surface area contributed by atoms with Gasteiger partial charge in [-0.05, 0) is 55.4 Å². The number of rotatable bonds is 6. The van der Waals surface area contributed by atoms with Crippen LogP contribution in [0.3, 0.4) is 0 Å². The van der Waals surface area contributed by atoms with E-state index in [0.29, 0.717) is 24.1 Å². The van der Waals surface area contributed by atoms with Crippen LogP contribution in [0.2, 0.25) is 0 Å². The van der Waals surface area contributed by atoms with Gasteiger partial charge in [0.2, 0.25) is 15.9 Å². The number of benzene rings is 1. The van der Waals surface area contributed by atoms with Gasteiger partial charge in [0.25, 0.3) is 0 Å². The maximum Gasteiger partial charge on any atom is 0.240 e.